The van der Waals surface area contributed by atoms with Crippen molar-refractivity contribution in [3.05, 3.63) is 35.3 Å². The molecular weight excluding hydrogens is 318 g/mol. The van der Waals surface area contributed by atoms with Crippen molar-refractivity contribution in [2.45, 2.75) is 37.8 Å². The van der Waals surface area contributed by atoms with Gasteiger partial charge in [-0.25, -0.2) is 9.78 Å². The van der Waals surface area contributed by atoms with Crippen LogP contribution in [-0.2, 0) is 6.54 Å². The zero-order valence-corrected chi connectivity index (χ0v) is 13.4. The van der Waals surface area contributed by atoms with Crippen molar-refractivity contribution in [3.63, 3.8) is 0 Å². The Morgan fingerprint density at radius 3 is 3.00 bits per heavy atom. The number of likely N-dealkylation sites (tertiary alicyclic amines) is 1. The summed E-state index contributed by atoms with van der Waals surface area (Å²) in [6.45, 7) is 1.71. The van der Waals surface area contributed by atoms with Crippen molar-refractivity contribution < 1.29 is 9.21 Å². The molecule has 2 aliphatic rings. The number of nitrogens with one attached hydrogen (secondary N) is 1. The number of hydrogen-bond acceptors (Lipinski definition) is 4. The number of aromatic nitrogens is 3. The zero-order chi connectivity index (χ0) is 15.8. The molecule has 2 fully saturated rings. The SMILES string of the molecule is O=C(NCc1cnc(C2CC2)o1)N1CCC(n2cc(Cl)cn2)C1. The van der Waals surface area contributed by atoms with Gasteiger partial charge in [0.25, 0.3) is 0 Å². The summed E-state index contributed by atoms with van der Waals surface area (Å²) in [6.07, 6.45) is 8.29. The van der Waals surface area contributed by atoms with Gasteiger partial charge >= 0.3 is 6.03 Å². The van der Waals surface area contributed by atoms with Gasteiger partial charge in [0.05, 0.1) is 30.0 Å². The quantitative estimate of drug-likeness (QED) is 0.931. The minimum atomic E-state index is -0.0878. The lowest BCUT2D eigenvalue weighted by atomic mass is 10.3. The van der Waals surface area contributed by atoms with Gasteiger partial charge in [-0.05, 0) is 19.3 Å². The number of carbonyl (C=O) groups excluding carboxylic acids is 1. The fraction of sp³-hybridized carbons (Fsp3) is 0.533. The smallest absolute Gasteiger partial charge is 0.317 e. The van der Waals surface area contributed by atoms with Gasteiger partial charge in [-0.3, -0.25) is 4.68 Å². The molecule has 7 nitrogen and oxygen atoms in total. The van der Waals surface area contributed by atoms with Crippen LogP contribution in [0.3, 0.4) is 0 Å². The van der Waals surface area contributed by atoms with Crippen LogP contribution < -0.4 is 5.32 Å². The highest BCUT2D eigenvalue weighted by molar-refractivity contribution is 6.30. The highest BCUT2D eigenvalue weighted by Crippen LogP contribution is 2.39. The van der Waals surface area contributed by atoms with E-state index in [0.29, 0.717) is 36.3 Å². The molecule has 1 aliphatic carbocycles. The largest absolute Gasteiger partial charge is 0.444 e. The van der Waals surface area contributed by atoms with E-state index < -0.39 is 0 Å². The van der Waals surface area contributed by atoms with Gasteiger partial charge in [0, 0.05) is 25.2 Å². The number of hydrogen-bond donors (Lipinski definition) is 1. The van der Waals surface area contributed by atoms with Crippen molar-refractivity contribution >= 4 is 17.6 Å². The van der Waals surface area contributed by atoms with Crippen molar-refractivity contribution in [3.8, 4) is 0 Å². The van der Waals surface area contributed by atoms with Crippen molar-refractivity contribution in [2.75, 3.05) is 13.1 Å². The van der Waals surface area contributed by atoms with Gasteiger partial charge < -0.3 is 14.6 Å². The van der Waals surface area contributed by atoms with Crippen LogP contribution >= 0.6 is 11.6 Å². The highest BCUT2D eigenvalue weighted by Gasteiger charge is 2.29. The number of carbonyl (C=O) groups is 1. The zero-order valence-electron chi connectivity index (χ0n) is 12.6. The summed E-state index contributed by atoms with van der Waals surface area (Å²) in [4.78, 5) is 18.3. The molecule has 23 heavy (non-hydrogen) atoms. The van der Waals surface area contributed by atoms with E-state index in [0.717, 1.165) is 25.2 Å². The van der Waals surface area contributed by atoms with Gasteiger partial charge in [0.1, 0.15) is 5.76 Å². The second kappa shape index (κ2) is 5.88. The molecule has 1 saturated heterocycles. The molecule has 122 valence electrons. The molecule has 1 unspecified atom stereocenters. The van der Waals surface area contributed by atoms with Gasteiger partial charge in [-0.15, -0.1) is 0 Å². The van der Waals surface area contributed by atoms with Gasteiger partial charge in [-0.2, -0.15) is 5.10 Å². The molecule has 0 aromatic carbocycles. The van der Waals surface area contributed by atoms with Crippen LogP contribution in [0.2, 0.25) is 5.02 Å². The molecule has 2 amide bonds. The molecule has 2 aromatic rings. The Bertz CT molecular complexity index is 708. The van der Waals surface area contributed by atoms with Crippen LogP contribution in [-0.4, -0.2) is 38.8 Å². The molecule has 0 spiro atoms. The normalized spacial score (nSPS) is 20.9. The Morgan fingerprint density at radius 1 is 1.39 bits per heavy atom. The molecule has 1 aliphatic heterocycles. The molecular formula is C15H18ClN5O2. The number of halogens is 1. The topological polar surface area (TPSA) is 76.2 Å². The van der Waals surface area contributed by atoms with Gasteiger partial charge in [0.2, 0.25) is 0 Å². The first-order valence-electron chi connectivity index (χ1n) is 7.86. The predicted octanol–water partition coefficient (Wildman–Crippen LogP) is 2.56. The summed E-state index contributed by atoms with van der Waals surface area (Å²) in [5.41, 5.74) is 0. The first-order valence-corrected chi connectivity index (χ1v) is 8.24. The molecule has 1 N–H and O–H groups in total. The molecule has 1 saturated carbocycles. The third kappa shape index (κ3) is 3.19. The van der Waals surface area contributed by atoms with Crippen LogP contribution in [0, 0.1) is 0 Å². The lowest BCUT2D eigenvalue weighted by Crippen LogP contribution is -2.38. The first kappa shape index (κ1) is 14.6. The minimum absolute atomic E-state index is 0.0878. The third-order valence-electron chi connectivity index (χ3n) is 4.31. The molecule has 3 heterocycles. The molecule has 4 rings (SSSR count). The summed E-state index contributed by atoms with van der Waals surface area (Å²) in [5, 5.41) is 7.72. The molecule has 2 aromatic heterocycles. The lowest BCUT2D eigenvalue weighted by Gasteiger charge is -2.17. The highest BCUT2D eigenvalue weighted by atomic mass is 35.5. The van der Waals surface area contributed by atoms with Crippen LogP contribution in [0.1, 0.15) is 42.9 Å². The van der Waals surface area contributed by atoms with Crippen LogP contribution in [0.15, 0.2) is 23.0 Å². The molecule has 0 bridgehead atoms. The maximum Gasteiger partial charge on any atom is 0.317 e. The maximum absolute atomic E-state index is 12.3. The minimum Gasteiger partial charge on any atom is -0.444 e. The Labute approximate surface area is 138 Å². The number of rotatable bonds is 4. The van der Waals surface area contributed by atoms with E-state index in [-0.39, 0.29) is 12.1 Å². The Kier molecular flexibility index (Phi) is 3.72. The van der Waals surface area contributed by atoms with Crippen LogP contribution in [0.25, 0.3) is 0 Å². The summed E-state index contributed by atoms with van der Waals surface area (Å²) in [7, 11) is 0. The summed E-state index contributed by atoms with van der Waals surface area (Å²) < 4.78 is 7.47. The van der Waals surface area contributed by atoms with E-state index >= 15 is 0 Å². The average molecular weight is 336 g/mol. The number of amides is 2. The number of urea groups is 1. The second-order valence-corrected chi connectivity index (χ2v) is 6.56. The fourth-order valence-electron chi connectivity index (χ4n) is 2.85. The molecule has 8 heteroatoms. The molecule has 1 atom stereocenters. The van der Waals surface area contributed by atoms with E-state index in [1.54, 1.807) is 23.5 Å². The summed E-state index contributed by atoms with van der Waals surface area (Å²) in [6, 6.07) is 0.0927. The first-order chi connectivity index (χ1) is 11.2. The van der Waals surface area contributed by atoms with Crippen molar-refractivity contribution in [2.24, 2.45) is 0 Å². The number of nitrogens with zero attached hydrogens (tertiary/aromatic N) is 4. The van der Waals surface area contributed by atoms with Gasteiger partial charge in [0.15, 0.2) is 5.89 Å². The second-order valence-electron chi connectivity index (χ2n) is 6.12. The fourth-order valence-corrected chi connectivity index (χ4v) is 3.00. The Hall–Kier alpha value is -2.02. The monoisotopic (exact) mass is 335 g/mol. The Balaban J connectivity index is 1.29. The van der Waals surface area contributed by atoms with E-state index in [4.69, 9.17) is 16.0 Å². The third-order valence-corrected chi connectivity index (χ3v) is 4.50. The average Bonchev–Trinajstić information content (AvgIpc) is 2.96. The Morgan fingerprint density at radius 2 is 2.26 bits per heavy atom. The maximum atomic E-state index is 12.3. The standard InChI is InChI=1S/C15H18ClN5O2/c16-11-5-19-21(8-11)12-3-4-20(9-12)15(22)18-7-13-6-17-14(23-13)10-1-2-10/h5-6,8,10,12H,1-4,7,9H2,(H,18,22). The number of oxazole rings is 1. The van der Waals surface area contributed by atoms with E-state index in [9.17, 15) is 4.79 Å². The van der Waals surface area contributed by atoms with Gasteiger partial charge in [-0.1, -0.05) is 11.6 Å². The van der Waals surface area contributed by atoms with Crippen LogP contribution in [0.4, 0.5) is 4.79 Å². The molecule has 0 radical (unpaired) electrons. The van der Waals surface area contributed by atoms with Crippen molar-refractivity contribution in [1.29, 1.82) is 0 Å². The van der Waals surface area contributed by atoms with E-state index in [1.165, 1.54) is 0 Å². The van der Waals surface area contributed by atoms with Crippen molar-refractivity contribution in [1.82, 2.24) is 25.0 Å². The van der Waals surface area contributed by atoms with Crippen LogP contribution in [0.5, 0.6) is 0 Å². The summed E-state index contributed by atoms with van der Waals surface area (Å²) in [5.74, 6) is 1.99. The van der Waals surface area contributed by atoms with E-state index in [1.807, 2.05) is 4.68 Å². The lowest BCUT2D eigenvalue weighted by molar-refractivity contribution is 0.205. The predicted molar refractivity (Wildman–Crippen MR) is 83.2 cm³/mol. The summed E-state index contributed by atoms with van der Waals surface area (Å²) >= 11 is 5.89. The van der Waals surface area contributed by atoms with E-state index in [2.05, 4.69) is 15.4 Å².